The van der Waals surface area contributed by atoms with Crippen LogP contribution in [0.5, 0.6) is 0 Å². The van der Waals surface area contributed by atoms with Gasteiger partial charge in [-0.3, -0.25) is 9.59 Å². The number of aliphatic carboxylic acids is 1. The Morgan fingerprint density at radius 3 is 1.64 bits per heavy atom. The molecule has 0 aromatic carbocycles. The highest BCUT2D eigenvalue weighted by Gasteiger charge is 2.31. The highest BCUT2D eigenvalue weighted by atomic mass is 16.6. The fourth-order valence-corrected chi connectivity index (χ4v) is 5.29. The van der Waals surface area contributed by atoms with Crippen LogP contribution in [0.3, 0.4) is 0 Å². The van der Waals surface area contributed by atoms with E-state index < -0.39 is 18.1 Å². The summed E-state index contributed by atoms with van der Waals surface area (Å²) in [6.45, 7) is 4.48. The summed E-state index contributed by atoms with van der Waals surface area (Å²) in [7, 11) is 5.49. The predicted octanol–water partition coefficient (Wildman–Crippen LogP) is 10.6. The Bertz CT molecular complexity index is 1140. The summed E-state index contributed by atoms with van der Waals surface area (Å²) >= 11 is 0. The molecular weight excluding hydrogens is 666 g/mol. The third kappa shape index (κ3) is 34.1. The summed E-state index contributed by atoms with van der Waals surface area (Å²) in [4.78, 5) is 36.8. The van der Waals surface area contributed by atoms with E-state index in [0.29, 0.717) is 19.3 Å². The number of unbranched alkanes of at least 4 members (excludes halogenated alkanes) is 11. The number of nitrogens with zero attached hydrogens (tertiary/aromatic N) is 1. The minimum Gasteiger partial charge on any atom is -0.477 e. The van der Waals surface area contributed by atoms with Crippen molar-refractivity contribution in [1.29, 1.82) is 0 Å². The maximum Gasteiger partial charge on any atom is 0.362 e. The number of quaternary nitrogens is 1. The van der Waals surface area contributed by atoms with Gasteiger partial charge in [-0.05, 0) is 57.8 Å². The molecule has 53 heavy (non-hydrogen) atoms. The molecular formula is C45H74NO7+. The molecule has 2 atom stereocenters. The van der Waals surface area contributed by atoms with Crippen molar-refractivity contribution in [2.75, 3.05) is 41.0 Å². The lowest BCUT2D eigenvalue weighted by Crippen LogP contribution is -2.50. The number of hydrogen-bond acceptors (Lipinski definition) is 6. The Labute approximate surface area is 323 Å². The molecule has 0 aromatic rings. The molecule has 0 heterocycles. The summed E-state index contributed by atoms with van der Waals surface area (Å²) in [6.07, 6.45) is 44.8. The zero-order chi connectivity index (χ0) is 39.3. The number of carbonyl (C=O) groups excluding carboxylic acids is 2. The van der Waals surface area contributed by atoms with Gasteiger partial charge in [0.05, 0.1) is 34.4 Å². The summed E-state index contributed by atoms with van der Waals surface area (Å²) in [5.74, 6) is -1.55. The van der Waals surface area contributed by atoms with Gasteiger partial charge in [-0.25, -0.2) is 4.79 Å². The van der Waals surface area contributed by atoms with Crippen LogP contribution in [0.25, 0.3) is 0 Å². The molecule has 0 aliphatic carbocycles. The average molecular weight is 741 g/mol. The number of carboxylic acid groups (broad SMARTS) is 1. The zero-order valence-electron chi connectivity index (χ0n) is 33.9. The smallest absolute Gasteiger partial charge is 0.362 e. The Balaban J connectivity index is 4.54. The maximum absolute atomic E-state index is 12.7. The lowest BCUT2D eigenvalue weighted by atomic mass is 10.1. The fourth-order valence-electron chi connectivity index (χ4n) is 5.29. The van der Waals surface area contributed by atoms with Crippen molar-refractivity contribution in [2.24, 2.45) is 0 Å². The average Bonchev–Trinajstić information content (AvgIpc) is 3.11. The van der Waals surface area contributed by atoms with Crippen molar-refractivity contribution in [3.05, 3.63) is 85.1 Å². The van der Waals surface area contributed by atoms with E-state index in [1.54, 1.807) is 0 Å². The third-order valence-electron chi connectivity index (χ3n) is 8.44. The first-order chi connectivity index (χ1) is 25.6. The topological polar surface area (TPSA) is 99.1 Å². The quantitative estimate of drug-likeness (QED) is 0.0230. The van der Waals surface area contributed by atoms with Gasteiger partial charge >= 0.3 is 17.9 Å². The van der Waals surface area contributed by atoms with Crippen molar-refractivity contribution >= 4 is 17.9 Å². The van der Waals surface area contributed by atoms with Crippen LogP contribution in [-0.4, -0.2) is 80.6 Å². The molecule has 0 aliphatic rings. The fraction of sp³-hybridized carbons (Fsp3) is 0.622. The summed E-state index contributed by atoms with van der Waals surface area (Å²) in [5.41, 5.74) is 0. The molecule has 0 saturated carbocycles. The van der Waals surface area contributed by atoms with Crippen molar-refractivity contribution in [2.45, 2.75) is 142 Å². The molecule has 0 amide bonds. The molecule has 0 rings (SSSR count). The lowest BCUT2D eigenvalue weighted by Gasteiger charge is -2.31. The van der Waals surface area contributed by atoms with Crippen LogP contribution in [0.15, 0.2) is 85.1 Å². The maximum atomic E-state index is 12.7. The van der Waals surface area contributed by atoms with E-state index in [2.05, 4.69) is 38.2 Å². The molecule has 0 aliphatic heterocycles. The SMILES string of the molecule is CC/C=C/C=C/C=C/C=C/C=C/C=C/CCCCCC(=O)OC(COCCC(C(=O)O)[N+](C)(C)C)COC(=O)CCCCCCC/C=C/CCCCC. The number of carboxylic acids is 1. The first kappa shape index (κ1) is 49.5. The minimum atomic E-state index is -0.889. The van der Waals surface area contributed by atoms with Gasteiger partial charge in [0.15, 0.2) is 12.1 Å². The molecule has 0 spiro atoms. The number of likely N-dealkylation sites (N-methyl/N-ethyl adjacent to an activating group) is 1. The van der Waals surface area contributed by atoms with Gasteiger partial charge < -0.3 is 23.8 Å². The number of rotatable bonds is 34. The molecule has 8 heteroatoms. The van der Waals surface area contributed by atoms with Crippen molar-refractivity contribution in [3.63, 3.8) is 0 Å². The third-order valence-corrected chi connectivity index (χ3v) is 8.44. The second-order valence-corrected chi connectivity index (χ2v) is 14.3. The molecule has 1 N–H and O–H groups in total. The van der Waals surface area contributed by atoms with E-state index in [0.717, 1.165) is 57.8 Å². The van der Waals surface area contributed by atoms with E-state index >= 15 is 0 Å². The van der Waals surface area contributed by atoms with Crippen LogP contribution < -0.4 is 0 Å². The standard InChI is InChI=1S/C45H73NO7/c1-6-8-10-12-14-16-18-20-21-22-23-24-26-28-30-32-34-36-44(48)53-41(39-51-38-37-42(45(49)50)46(3,4)5)40-52-43(47)35-33-31-29-27-25-19-17-15-13-11-9-7-2/h8,10,12,14-18,20-24,26,41-42H,6-7,9,11,13,19,25,27-40H2,1-5H3/p+1/b10-8+,14-12+,17-15+,18-16+,21-20+,23-22+,26-24+. The number of esters is 2. The summed E-state index contributed by atoms with van der Waals surface area (Å²) < 4.78 is 17.2. The van der Waals surface area contributed by atoms with E-state index in [4.69, 9.17) is 14.2 Å². The van der Waals surface area contributed by atoms with Crippen molar-refractivity contribution < 1.29 is 38.2 Å². The van der Waals surface area contributed by atoms with Gasteiger partial charge in [-0.1, -0.05) is 137 Å². The molecule has 0 fully saturated rings. The second kappa shape index (κ2) is 35.5. The van der Waals surface area contributed by atoms with Gasteiger partial charge in [0, 0.05) is 19.3 Å². The molecule has 8 nitrogen and oxygen atoms in total. The molecule has 2 unspecified atom stereocenters. The van der Waals surface area contributed by atoms with E-state index in [1.165, 1.54) is 32.1 Å². The molecule has 0 aromatic heterocycles. The van der Waals surface area contributed by atoms with E-state index in [1.807, 2.05) is 81.9 Å². The Morgan fingerprint density at radius 2 is 1.08 bits per heavy atom. The van der Waals surface area contributed by atoms with Crippen LogP contribution in [0.1, 0.15) is 129 Å². The van der Waals surface area contributed by atoms with Gasteiger partial charge in [0.2, 0.25) is 0 Å². The minimum absolute atomic E-state index is 0.0348. The number of carbonyl (C=O) groups is 3. The number of ether oxygens (including phenoxy) is 3. The Morgan fingerprint density at radius 1 is 0.585 bits per heavy atom. The van der Waals surface area contributed by atoms with Gasteiger partial charge in [-0.15, -0.1) is 0 Å². The van der Waals surface area contributed by atoms with Crippen LogP contribution in [0, 0.1) is 0 Å². The van der Waals surface area contributed by atoms with Gasteiger partial charge in [-0.2, -0.15) is 0 Å². The number of allylic oxidation sites excluding steroid dienone is 14. The number of hydrogen-bond donors (Lipinski definition) is 1. The molecule has 0 saturated heterocycles. The first-order valence-electron chi connectivity index (χ1n) is 20.2. The van der Waals surface area contributed by atoms with Crippen molar-refractivity contribution in [3.8, 4) is 0 Å². The van der Waals surface area contributed by atoms with Crippen LogP contribution in [-0.2, 0) is 28.6 Å². The van der Waals surface area contributed by atoms with Crippen LogP contribution >= 0.6 is 0 Å². The van der Waals surface area contributed by atoms with Gasteiger partial charge in [0.25, 0.3) is 0 Å². The van der Waals surface area contributed by atoms with E-state index in [9.17, 15) is 19.5 Å². The molecule has 300 valence electrons. The lowest BCUT2D eigenvalue weighted by molar-refractivity contribution is -0.887. The molecule has 0 bridgehead atoms. The highest BCUT2D eigenvalue weighted by Crippen LogP contribution is 2.12. The van der Waals surface area contributed by atoms with Gasteiger partial charge in [0.1, 0.15) is 6.61 Å². The second-order valence-electron chi connectivity index (χ2n) is 14.3. The highest BCUT2D eigenvalue weighted by molar-refractivity contribution is 5.72. The Hall–Kier alpha value is -3.49. The first-order valence-corrected chi connectivity index (χ1v) is 20.2. The molecule has 0 radical (unpaired) electrons. The predicted molar refractivity (Wildman–Crippen MR) is 220 cm³/mol. The Kier molecular flexibility index (Phi) is 33.2. The summed E-state index contributed by atoms with van der Waals surface area (Å²) in [6, 6.07) is -0.628. The van der Waals surface area contributed by atoms with Crippen molar-refractivity contribution in [1.82, 2.24) is 0 Å². The largest absolute Gasteiger partial charge is 0.477 e. The van der Waals surface area contributed by atoms with Crippen LogP contribution in [0.2, 0.25) is 0 Å². The zero-order valence-corrected chi connectivity index (χ0v) is 33.9. The van der Waals surface area contributed by atoms with E-state index in [-0.39, 0.29) is 42.7 Å². The normalized spacial score (nSPS) is 13.9. The van der Waals surface area contributed by atoms with Crippen LogP contribution in [0.4, 0.5) is 0 Å². The summed E-state index contributed by atoms with van der Waals surface area (Å²) in [5, 5.41) is 9.60. The monoisotopic (exact) mass is 741 g/mol.